The Kier molecular flexibility index (Phi) is 3.26. The second-order valence-electron chi connectivity index (χ2n) is 4.46. The van der Waals surface area contributed by atoms with E-state index in [-0.39, 0.29) is 0 Å². The Morgan fingerprint density at radius 1 is 0.900 bits per heavy atom. The molecule has 0 spiro atoms. The van der Waals surface area contributed by atoms with Crippen molar-refractivity contribution >= 4 is 22.6 Å². The maximum absolute atomic E-state index is 9.31. The summed E-state index contributed by atoms with van der Waals surface area (Å²) in [6, 6.07) is 23.8. The lowest BCUT2D eigenvalue weighted by molar-refractivity contribution is 1.37. The summed E-state index contributed by atoms with van der Waals surface area (Å²) in [5.41, 5.74) is 3.26. The van der Waals surface area contributed by atoms with Crippen molar-refractivity contribution < 1.29 is 0 Å². The highest BCUT2D eigenvalue weighted by Gasteiger charge is 2.01. The van der Waals surface area contributed by atoms with E-state index < -0.39 is 0 Å². The summed E-state index contributed by atoms with van der Waals surface area (Å²) < 4.78 is 0. The van der Waals surface area contributed by atoms with E-state index in [2.05, 4.69) is 11.1 Å². The molecule has 0 atom stereocenters. The number of aromatic nitrogens is 1. The molecule has 3 rings (SSSR count). The predicted molar refractivity (Wildman–Crippen MR) is 81.7 cm³/mol. The van der Waals surface area contributed by atoms with Gasteiger partial charge in [0.2, 0.25) is 0 Å². The lowest BCUT2D eigenvalue weighted by Crippen LogP contribution is -1.85. The number of rotatable bonds is 2. The predicted octanol–water partition coefficient (Wildman–Crippen LogP) is 4.30. The van der Waals surface area contributed by atoms with Gasteiger partial charge < -0.3 is 0 Å². The molecule has 20 heavy (non-hydrogen) atoms. The molecule has 0 aliphatic heterocycles. The van der Waals surface area contributed by atoms with E-state index in [1.165, 1.54) is 0 Å². The Bertz CT molecular complexity index is 811. The van der Waals surface area contributed by atoms with Crippen LogP contribution in [0.5, 0.6) is 0 Å². The molecule has 3 aromatic rings. The first-order chi connectivity index (χ1) is 9.86. The minimum Gasteiger partial charge on any atom is -0.248 e. The fraction of sp³-hybridized carbons (Fsp3) is 0. The maximum atomic E-state index is 9.31. The Morgan fingerprint density at radius 3 is 2.45 bits per heavy atom. The van der Waals surface area contributed by atoms with Crippen molar-refractivity contribution in [2.45, 2.75) is 0 Å². The van der Waals surface area contributed by atoms with Crippen molar-refractivity contribution in [3.05, 3.63) is 78.0 Å². The van der Waals surface area contributed by atoms with Gasteiger partial charge in [0.1, 0.15) is 0 Å². The van der Waals surface area contributed by atoms with Crippen LogP contribution in [-0.2, 0) is 0 Å². The lowest BCUT2D eigenvalue weighted by Gasteiger charge is -2.01. The van der Waals surface area contributed by atoms with Crippen LogP contribution in [0.3, 0.4) is 0 Å². The molecule has 2 nitrogen and oxygen atoms in total. The van der Waals surface area contributed by atoms with Gasteiger partial charge in [-0.05, 0) is 23.8 Å². The van der Waals surface area contributed by atoms with Crippen LogP contribution in [0.4, 0.5) is 0 Å². The molecule has 0 aliphatic carbocycles. The summed E-state index contributed by atoms with van der Waals surface area (Å²) in [7, 11) is 0. The average molecular weight is 256 g/mol. The maximum Gasteiger partial charge on any atom is 0.0998 e. The van der Waals surface area contributed by atoms with Crippen molar-refractivity contribution in [3.8, 4) is 6.07 Å². The van der Waals surface area contributed by atoms with E-state index in [9.17, 15) is 5.26 Å². The smallest absolute Gasteiger partial charge is 0.0998 e. The number of hydrogen-bond donors (Lipinski definition) is 0. The van der Waals surface area contributed by atoms with Gasteiger partial charge in [-0.3, -0.25) is 0 Å². The van der Waals surface area contributed by atoms with E-state index in [1.54, 1.807) is 0 Å². The van der Waals surface area contributed by atoms with Gasteiger partial charge in [0, 0.05) is 5.39 Å². The highest BCUT2D eigenvalue weighted by atomic mass is 14.7. The fourth-order valence-corrected chi connectivity index (χ4v) is 2.11. The zero-order valence-electron chi connectivity index (χ0n) is 10.8. The molecular formula is C18H12N2. The van der Waals surface area contributed by atoms with Crippen molar-refractivity contribution in [1.82, 2.24) is 4.98 Å². The van der Waals surface area contributed by atoms with Crippen molar-refractivity contribution in [3.63, 3.8) is 0 Å². The first-order valence-corrected chi connectivity index (χ1v) is 6.40. The van der Waals surface area contributed by atoms with Crippen LogP contribution >= 0.6 is 0 Å². The van der Waals surface area contributed by atoms with Crippen LogP contribution in [0, 0.1) is 11.3 Å². The zero-order chi connectivity index (χ0) is 13.8. The van der Waals surface area contributed by atoms with Crippen molar-refractivity contribution in [2.24, 2.45) is 0 Å². The molecule has 2 aromatic carbocycles. The van der Waals surface area contributed by atoms with Gasteiger partial charge in [-0.2, -0.15) is 5.26 Å². The third-order valence-corrected chi connectivity index (χ3v) is 3.12. The molecule has 0 aliphatic rings. The molecular weight excluding hydrogens is 244 g/mol. The molecule has 0 radical (unpaired) electrons. The normalized spacial score (nSPS) is 11.2. The average Bonchev–Trinajstić information content (AvgIpc) is 2.53. The van der Waals surface area contributed by atoms with Gasteiger partial charge >= 0.3 is 0 Å². The van der Waals surface area contributed by atoms with Crippen LogP contribution in [0.15, 0.2) is 66.7 Å². The Balaban J connectivity index is 2.06. The molecule has 0 N–H and O–H groups in total. The van der Waals surface area contributed by atoms with E-state index in [0.717, 1.165) is 22.2 Å². The van der Waals surface area contributed by atoms with Crippen LogP contribution in [0.1, 0.15) is 11.3 Å². The molecule has 0 fully saturated rings. The number of fused-ring (bicyclic) bond motifs is 1. The second kappa shape index (κ2) is 5.38. The second-order valence-corrected chi connectivity index (χ2v) is 4.46. The van der Waals surface area contributed by atoms with Gasteiger partial charge in [-0.25, -0.2) is 4.98 Å². The molecule has 1 heterocycles. The molecule has 2 heteroatoms. The summed E-state index contributed by atoms with van der Waals surface area (Å²) in [6.45, 7) is 0. The van der Waals surface area contributed by atoms with E-state index in [4.69, 9.17) is 0 Å². The Hall–Kier alpha value is -2.92. The third-order valence-electron chi connectivity index (χ3n) is 3.12. The zero-order valence-corrected chi connectivity index (χ0v) is 10.8. The monoisotopic (exact) mass is 256 g/mol. The largest absolute Gasteiger partial charge is 0.248 e. The third kappa shape index (κ3) is 2.43. The van der Waals surface area contributed by atoms with Crippen LogP contribution < -0.4 is 0 Å². The fourth-order valence-electron chi connectivity index (χ4n) is 2.11. The summed E-state index contributed by atoms with van der Waals surface area (Å²) >= 11 is 0. The van der Waals surface area contributed by atoms with Crippen molar-refractivity contribution in [1.29, 1.82) is 5.26 Å². The minimum atomic E-state index is 0.619. The van der Waals surface area contributed by atoms with Gasteiger partial charge in [0.05, 0.1) is 22.9 Å². The Labute approximate surface area is 117 Å². The summed E-state index contributed by atoms with van der Waals surface area (Å²) in [4.78, 5) is 4.56. The van der Waals surface area contributed by atoms with Gasteiger partial charge in [-0.1, -0.05) is 54.6 Å². The number of benzene rings is 2. The summed E-state index contributed by atoms with van der Waals surface area (Å²) in [5, 5.41) is 10.4. The number of nitrogens with zero attached hydrogens (tertiary/aromatic N) is 2. The number of nitriles is 1. The van der Waals surface area contributed by atoms with Crippen LogP contribution in [-0.4, -0.2) is 4.98 Å². The molecule has 0 unspecified atom stereocenters. The standard InChI is InChI=1S/C18H12N2/c19-13-16(14-6-2-1-3-7-14)12-17-11-10-15-8-4-5-9-18(15)20-17/h1-12H/b16-12+. The highest BCUT2D eigenvalue weighted by molar-refractivity contribution is 5.90. The molecule has 1 aromatic heterocycles. The number of pyridine rings is 1. The topological polar surface area (TPSA) is 36.7 Å². The quantitative estimate of drug-likeness (QED) is 0.641. The first kappa shape index (κ1) is 12.1. The van der Waals surface area contributed by atoms with E-state index in [0.29, 0.717) is 5.57 Å². The number of allylic oxidation sites excluding steroid dienone is 1. The minimum absolute atomic E-state index is 0.619. The lowest BCUT2D eigenvalue weighted by atomic mass is 10.1. The van der Waals surface area contributed by atoms with Gasteiger partial charge in [-0.15, -0.1) is 0 Å². The van der Waals surface area contributed by atoms with E-state index >= 15 is 0 Å². The molecule has 0 amide bonds. The van der Waals surface area contributed by atoms with E-state index in [1.807, 2.05) is 72.8 Å². The van der Waals surface area contributed by atoms with Crippen LogP contribution in [0.25, 0.3) is 22.6 Å². The van der Waals surface area contributed by atoms with Crippen LogP contribution in [0.2, 0.25) is 0 Å². The van der Waals surface area contributed by atoms with Gasteiger partial charge in [0.25, 0.3) is 0 Å². The molecule has 0 saturated heterocycles. The molecule has 0 bridgehead atoms. The summed E-state index contributed by atoms with van der Waals surface area (Å²) in [6.07, 6.45) is 1.82. The summed E-state index contributed by atoms with van der Waals surface area (Å²) in [5.74, 6) is 0. The Morgan fingerprint density at radius 2 is 1.65 bits per heavy atom. The van der Waals surface area contributed by atoms with Gasteiger partial charge in [0.15, 0.2) is 0 Å². The highest BCUT2D eigenvalue weighted by Crippen LogP contribution is 2.18. The molecule has 0 saturated carbocycles. The first-order valence-electron chi connectivity index (χ1n) is 6.40. The number of para-hydroxylation sites is 1. The van der Waals surface area contributed by atoms with Crippen molar-refractivity contribution in [2.75, 3.05) is 0 Å². The number of hydrogen-bond acceptors (Lipinski definition) is 2. The SMILES string of the molecule is N#C/C(=C\c1ccc2ccccc2n1)c1ccccc1. The molecule has 94 valence electrons.